The predicted molar refractivity (Wildman–Crippen MR) is 140 cm³/mol. The van der Waals surface area contributed by atoms with E-state index >= 15 is 0 Å². The Morgan fingerprint density at radius 2 is 1.92 bits per heavy atom. The molecule has 1 aromatic heterocycles. The molecule has 2 aliphatic heterocycles. The van der Waals surface area contributed by atoms with Crippen LogP contribution >= 0.6 is 11.3 Å². The lowest BCUT2D eigenvalue weighted by Crippen LogP contribution is -2.39. The molecule has 6 nitrogen and oxygen atoms in total. The summed E-state index contributed by atoms with van der Waals surface area (Å²) in [6.45, 7) is 2.32. The minimum absolute atomic E-state index is 0.00132. The molecule has 7 heteroatoms. The van der Waals surface area contributed by atoms with Crippen LogP contribution in [0.3, 0.4) is 0 Å². The summed E-state index contributed by atoms with van der Waals surface area (Å²) in [7, 11) is 0. The summed E-state index contributed by atoms with van der Waals surface area (Å²) in [6.07, 6.45) is 0.973. The zero-order valence-corrected chi connectivity index (χ0v) is 20.6. The molecule has 0 unspecified atom stereocenters. The predicted octanol–water partition coefficient (Wildman–Crippen LogP) is 5.34. The van der Waals surface area contributed by atoms with E-state index in [9.17, 15) is 9.90 Å². The van der Waals surface area contributed by atoms with Gasteiger partial charge in [-0.25, -0.2) is 4.98 Å². The number of hydrogen-bond donors (Lipinski definition) is 2. The van der Waals surface area contributed by atoms with Gasteiger partial charge in [0.1, 0.15) is 10.8 Å². The zero-order valence-electron chi connectivity index (χ0n) is 19.8. The van der Waals surface area contributed by atoms with Gasteiger partial charge in [0.05, 0.1) is 12.2 Å². The third-order valence-electron chi connectivity index (χ3n) is 6.90. The number of carbonyl (C=O) groups excluding carboxylic acids is 1. The maximum absolute atomic E-state index is 12.9. The van der Waals surface area contributed by atoms with E-state index in [0.717, 1.165) is 47.0 Å². The normalized spacial score (nSPS) is 19.8. The second kappa shape index (κ2) is 9.76. The average Bonchev–Trinajstić information content (AvgIpc) is 3.52. The molecule has 36 heavy (non-hydrogen) atoms. The van der Waals surface area contributed by atoms with Crippen molar-refractivity contribution in [3.63, 3.8) is 0 Å². The standard InChI is InChI=1S/C29H27N3O3S/c33-26-11-9-19-10-12-28(34)30-24-16-32(17-29-31-25(18-36-29)20-5-2-1-3-6-20)15-23(24)21-7-4-8-22(14-21)35-27(26)13-19/h1-9,11,13-14,18,23-24,33H,10,12,15-17H2,(H,30,34)/t23-,24+/m0/s1. The highest BCUT2D eigenvalue weighted by molar-refractivity contribution is 7.09. The number of rotatable bonds is 3. The number of fused-ring (bicyclic) bond motifs is 6. The zero-order chi connectivity index (χ0) is 24.5. The van der Waals surface area contributed by atoms with E-state index in [4.69, 9.17) is 9.72 Å². The van der Waals surface area contributed by atoms with Crippen molar-refractivity contribution in [2.24, 2.45) is 0 Å². The van der Waals surface area contributed by atoms with E-state index in [-0.39, 0.29) is 23.6 Å². The Balaban J connectivity index is 1.25. The number of phenolic OH excluding ortho intramolecular Hbond substituents is 1. The molecule has 1 amide bonds. The highest BCUT2D eigenvalue weighted by Gasteiger charge is 2.35. The molecule has 3 heterocycles. The molecule has 2 aliphatic rings. The third kappa shape index (κ3) is 4.85. The molecule has 0 radical (unpaired) electrons. The van der Waals surface area contributed by atoms with E-state index in [0.29, 0.717) is 24.3 Å². The Labute approximate surface area is 214 Å². The molecule has 3 aromatic carbocycles. The number of nitrogens with one attached hydrogen (secondary N) is 1. The third-order valence-corrected chi connectivity index (χ3v) is 7.73. The van der Waals surface area contributed by atoms with Crippen molar-refractivity contribution in [2.45, 2.75) is 31.3 Å². The maximum Gasteiger partial charge on any atom is 0.220 e. The van der Waals surface area contributed by atoms with Crippen molar-refractivity contribution >= 4 is 17.2 Å². The van der Waals surface area contributed by atoms with Crippen molar-refractivity contribution in [1.29, 1.82) is 0 Å². The molecule has 0 aliphatic carbocycles. The van der Waals surface area contributed by atoms with E-state index < -0.39 is 0 Å². The number of amides is 1. The molecule has 4 aromatic rings. The lowest BCUT2D eigenvalue weighted by Gasteiger charge is -2.20. The minimum atomic E-state index is -0.00132. The molecule has 0 spiro atoms. The van der Waals surface area contributed by atoms with Gasteiger partial charge in [-0.05, 0) is 41.8 Å². The second-order valence-electron chi connectivity index (χ2n) is 9.44. The number of aromatic nitrogens is 1. The summed E-state index contributed by atoms with van der Waals surface area (Å²) in [6, 6.07) is 23.5. The molecule has 6 rings (SSSR count). The summed E-state index contributed by atoms with van der Waals surface area (Å²) in [5, 5.41) is 16.8. The SMILES string of the molecule is O=C1CCc2ccc(O)c(c2)Oc2cccc(c2)[C@@H]2CN(Cc3nc(-c4ccccc4)cs3)C[C@H]2N1. The molecule has 0 saturated carbocycles. The highest BCUT2D eigenvalue weighted by Crippen LogP contribution is 2.36. The number of nitrogens with zero attached hydrogens (tertiary/aromatic N) is 2. The van der Waals surface area contributed by atoms with Crippen LogP contribution in [0.4, 0.5) is 0 Å². The fraction of sp³-hybridized carbons (Fsp3) is 0.241. The van der Waals surface area contributed by atoms with Gasteiger partial charge in [-0.3, -0.25) is 9.69 Å². The number of phenols is 1. The fourth-order valence-electron chi connectivity index (χ4n) is 5.08. The Morgan fingerprint density at radius 3 is 2.81 bits per heavy atom. The van der Waals surface area contributed by atoms with Crippen LogP contribution in [0.25, 0.3) is 11.3 Å². The van der Waals surface area contributed by atoms with Crippen LogP contribution in [0, 0.1) is 0 Å². The van der Waals surface area contributed by atoms with Crippen molar-refractivity contribution < 1.29 is 14.6 Å². The number of aromatic hydroxyl groups is 1. The molecule has 1 fully saturated rings. The first-order valence-electron chi connectivity index (χ1n) is 12.2. The number of carbonyl (C=O) groups is 1. The van der Waals surface area contributed by atoms with Crippen LogP contribution in [0.2, 0.25) is 0 Å². The molecule has 4 bridgehead atoms. The lowest BCUT2D eigenvalue weighted by atomic mass is 9.94. The largest absolute Gasteiger partial charge is 0.504 e. The van der Waals surface area contributed by atoms with Gasteiger partial charge in [0.25, 0.3) is 0 Å². The quantitative estimate of drug-likeness (QED) is 0.400. The van der Waals surface area contributed by atoms with E-state index in [1.54, 1.807) is 17.4 Å². The Morgan fingerprint density at radius 1 is 1.03 bits per heavy atom. The maximum atomic E-state index is 12.9. The second-order valence-corrected chi connectivity index (χ2v) is 10.4. The van der Waals surface area contributed by atoms with Gasteiger partial charge in [0, 0.05) is 42.4 Å². The first kappa shape index (κ1) is 22.8. The van der Waals surface area contributed by atoms with Crippen LogP contribution < -0.4 is 10.1 Å². The minimum Gasteiger partial charge on any atom is -0.504 e. The number of likely N-dealkylation sites (tertiary alicyclic amines) is 1. The van der Waals surface area contributed by atoms with Gasteiger partial charge in [-0.1, -0.05) is 48.5 Å². The molecule has 2 N–H and O–H groups in total. The lowest BCUT2D eigenvalue weighted by molar-refractivity contribution is -0.121. The Hall–Kier alpha value is -3.68. The Bertz CT molecular complexity index is 1390. The number of thiazole rings is 1. The van der Waals surface area contributed by atoms with Gasteiger partial charge in [0.2, 0.25) is 5.91 Å². The summed E-state index contributed by atoms with van der Waals surface area (Å²) in [4.78, 5) is 20.2. The van der Waals surface area contributed by atoms with E-state index in [1.165, 1.54) is 0 Å². The van der Waals surface area contributed by atoms with Gasteiger partial charge in [-0.2, -0.15) is 0 Å². The van der Waals surface area contributed by atoms with Crippen molar-refractivity contribution in [2.75, 3.05) is 13.1 Å². The van der Waals surface area contributed by atoms with Gasteiger partial charge in [-0.15, -0.1) is 11.3 Å². The Kier molecular flexibility index (Phi) is 6.17. The van der Waals surface area contributed by atoms with Crippen LogP contribution in [0.15, 0.2) is 78.2 Å². The summed E-state index contributed by atoms with van der Waals surface area (Å²) < 4.78 is 6.07. The fourth-order valence-corrected chi connectivity index (χ4v) is 5.93. The summed E-state index contributed by atoms with van der Waals surface area (Å²) >= 11 is 1.68. The van der Waals surface area contributed by atoms with Crippen molar-refractivity contribution in [3.8, 4) is 28.5 Å². The van der Waals surface area contributed by atoms with Gasteiger partial charge >= 0.3 is 0 Å². The van der Waals surface area contributed by atoms with Crippen molar-refractivity contribution in [3.05, 3.63) is 94.3 Å². The number of aryl methyl sites for hydroxylation is 1. The van der Waals surface area contributed by atoms with Gasteiger partial charge < -0.3 is 15.2 Å². The topological polar surface area (TPSA) is 74.7 Å². The first-order valence-corrected chi connectivity index (χ1v) is 13.1. The van der Waals surface area contributed by atoms with Gasteiger partial charge in [0.15, 0.2) is 11.5 Å². The highest BCUT2D eigenvalue weighted by atomic mass is 32.1. The summed E-state index contributed by atoms with van der Waals surface area (Å²) in [5.74, 6) is 1.34. The average molecular weight is 498 g/mol. The van der Waals surface area contributed by atoms with Crippen LogP contribution in [-0.4, -0.2) is 40.0 Å². The van der Waals surface area contributed by atoms with Crippen molar-refractivity contribution in [1.82, 2.24) is 15.2 Å². The summed E-state index contributed by atoms with van der Waals surface area (Å²) in [5.41, 5.74) is 4.19. The number of ether oxygens (including phenoxy) is 1. The molecular weight excluding hydrogens is 470 g/mol. The first-order chi connectivity index (χ1) is 17.6. The number of benzene rings is 3. The number of hydrogen-bond acceptors (Lipinski definition) is 6. The molecular formula is C29H27N3O3S. The van der Waals surface area contributed by atoms with Crippen LogP contribution in [0.5, 0.6) is 17.2 Å². The molecule has 1 saturated heterocycles. The monoisotopic (exact) mass is 497 g/mol. The molecule has 2 atom stereocenters. The van der Waals surface area contributed by atoms with Crippen LogP contribution in [0.1, 0.15) is 28.5 Å². The van der Waals surface area contributed by atoms with Crippen LogP contribution in [-0.2, 0) is 17.8 Å². The molecule has 182 valence electrons. The van der Waals surface area contributed by atoms with E-state index in [2.05, 4.69) is 33.8 Å². The van der Waals surface area contributed by atoms with E-state index in [1.807, 2.05) is 48.5 Å². The smallest absolute Gasteiger partial charge is 0.220 e.